The number of nitrogens with one attached hydrogen (secondary N) is 1. The zero-order chi connectivity index (χ0) is 23.7. The van der Waals surface area contributed by atoms with Gasteiger partial charge in [-0.3, -0.25) is 14.6 Å². The largest absolute Gasteiger partial charge is 0.479 e. The van der Waals surface area contributed by atoms with E-state index in [0.29, 0.717) is 28.3 Å². The number of thiophene rings is 1. The standard InChI is InChI=1S/C24H22N4O5S/c29-22(26-11-8-15-6-9-25-10-7-15)19-12-17-18-13-27(20(23(30)31)21(17)34-19)24(32)28(18)33-14-16-4-2-1-3-5-16/h1-7,9-10,12,18,20H,8,11,13-14H2,(H,26,29)(H,30,31). The summed E-state index contributed by atoms with van der Waals surface area (Å²) in [5.74, 6) is -1.41. The average molecular weight is 479 g/mol. The molecule has 0 saturated carbocycles. The highest BCUT2D eigenvalue weighted by atomic mass is 32.1. The van der Waals surface area contributed by atoms with Crippen LogP contribution in [0.1, 0.15) is 43.3 Å². The second-order valence-electron chi connectivity index (χ2n) is 8.07. The number of nitrogens with zero attached hydrogens (tertiary/aromatic N) is 3. The Hall–Kier alpha value is -3.76. The molecular formula is C24H22N4O5S. The van der Waals surface area contributed by atoms with Crippen LogP contribution in [0.25, 0.3) is 0 Å². The van der Waals surface area contributed by atoms with E-state index in [2.05, 4.69) is 10.3 Å². The Morgan fingerprint density at radius 3 is 2.65 bits per heavy atom. The Morgan fingerprint density at radius 1 is 1.15 bits per heavy atom. The van der Waals surface area contributed by atoms with Crippen LogP contribution in [0.3, 0.4) is 0 Å². The summed E-state index contributed by atoms with van der Waals surface area (Å²) in [5, 5.41) is 14.0. The van der Waals surface area contributed by atoms with Crippen molar-refractivity contribution in [2.24, 2.45) is 0 Å². The first-order valence-corrected chi connectivity index (χ1v) is 11.6. The molecule has 34 heavy (non-hydrogen) atoms. The smallest absolute Gasteiger partial charge is 0.345 e. The normalized spacial score (nSPS) is 18.6. The number of carboxylic acid groups (broad SMARTS) is 1. The van der Waals surface area contributed by atoms with Gasteiger partial charge in [0.25, 0.3) is 5.91 Å². The van der Waals surface area contributed by atoms with E-state index in [1.807, 2.05) is 42.5 Å². The fourth-order valence-electron chi connectivity index (χ4n) is 4.25. The summed E-state index contributed by atoms with van der Waals surface area (Å²) in [6, 6.07) is 12.8. The number of aliphatic carboxylic acids is 1. The molecule has 3 amide bonds. The zero-order valence-corrected chi connectivity index (χ0v) is 18.9. The SMILES string of the molecule is O=C(NCCc1ccncc1)c1cc2c(s1)C(C(=O)O)N1CC2N(OCc2ccccc2)C1=O. The molecule has 2 bridgehead atoms. The van der Waals surface area contributed by atoms with Gasteiger partial charge < -0.3 is 15.3 Å². The fourth-order valence-corrected chi connectivity index (χ4v) is 5.49. The number of hydrogen-bond acceptors (Lipinski definition) is 6. The summed E-state index contributed by atoms with van der Waals surface area (Å²) in [6.45, 7) is 0.808. The van der Waals surface area contributed by atoms with Crippen LogP contribution < -0.4 is 5.32 Å². The van der Waals surface area contributed by atoms with Gasteiger partial charge in [0.1, 0.15) is 12.6 Å². The van der Waals surface area contributed by atoms with Crippen molar-refractivity contribution in [3.05, 3.63) is 87.4 Å². The highest BCUT2D eigenvalue weighted by Gasteiger charge is 2.52. The highest BCUT2D eigenvalue weighted by Crippen LogP contribution is 2.47. The highest BCUT2D eigenvalue weighted by molar-refractivity contribution is 7.14. The molecule has 2 aromatic heterocycles. The number of carbonyl (C=O) groups excluding carboxylic acids is 2. The molecule has 0 spiro atoms. The molecule has 2 N–H and O–H groups in total. The molecule has 2 aliphatic rings. The Kier molecular flexibility index (Phi) is 5.99. The quantitative estimate of drug-likeness (QED) is 0.514. The van der Waals surface area contributed by atoms with E-state index < -0.39 is 24.1 Å². The zero-order valence-electron chi connectivity index (χ0n) is 18.1. The molecule has 5 rings (SSSR count). The molecule has 10 heteroatoms. The Labute approximate surface area is 199 Å². The summed E-state index contributed by atoms with van der Waals surface area (Å²) < 4.78 is 0. The van der Waals surface area contributed by atoms with E-state index in [9.17, 15) is 19.5 Å². The van der Waals surface area contributed by atoms with Crippen molar-refractivity contribution in [1.82, 2.24) is 20.3 Å². The van der Waals surface area contributed by atoms with Gasteiger partial charge in [-0.2, -0.15) is 5.06 Å². The molecule has 1 aromatic carbocycles. The van der Waals surface area contributed by atoms with E-state index in [0.717, 1.165) is 22.5 Å². The first-order valence-electron chi connectivity index (χ1n) is 10.8. The van der Waals surface area contributed by atoms with Crippen molar-refractivity contribution in [2.45, 2.75) is 25.1 Å². The lowest BCUT2D eigenvalue weighted by Gasteiger charge is -2.27. The van der Waals surface area contributed by atoms with Crippen LogP contribution in [0.2, 0.25) is 0 Å². The van der Waals surface area contributed by atoms with E-state index in [1.54, 1.807) is 18.5 Å². The molecular weight excluding hydrogens is 456 g/mol. The summed E-state index contributed by atoms with van der Waals surface area (Å²) in [6.07, 6.45) is 4.06. The lowest BCUT2D eigenvalue weighted by molar-refractivity contribution is -0.143. The molecule has 2 unspecified atom stereocenters. The van der Waals surface area contributed by atoms with E-state index in [-0.39, 0.29) is 19.1 Å². The Balaban J connectivity index is 1.34. The number of carbonyl (C=O) groups is 3. The Bertz CT molecular complexity index is 1220. The van der Waals surface area contributed by atoms with Crippen molar-refractivity contribution in [2.75, 3.05) is 13.1 Å². The van der Waals surface area contributed by atoms with Gasteiger partial charge in [-0.25, -0.2) is 9.59 Å². The van der Waals surface area contributed by atoms with Crippen LogP contribution in [0.4, 0.5) is 4.79 Å². The molecule has 2 atom stereocenters. The lowest BCUT2D eigenvalue weighted by atomic mass is 9.99. The minimum Gasteiger partial charge on any atom is -0.479 e. The lowest BCUT2D eigenvalue weighted by Crippen LogP contribution is -2.37. The topological polar surface area (TPSA) is 112 Å². The van der Waals surface area contributed by atoms with Gasteiger partial charge in [0, 0.05) is 23.8 Å². The number of pyridine rings is 1. The van der Waals surface area contributed by atoms with Crippen molar-refractivity contribution < 1.29 is 24.3 Å². The van der Waals surface area contributed by atoms with E-state index in [1.165, 1.54) is 9.96 Å². The molecule has 0 radical (unpaired) electrons. The number of benzene rings is 1. The number of amides is 3. The monoisotopic (exact) mass is 478 g/mol. The van der Waals surface area contributed by atoms with Gasteiger partial charge in [-0.05, 0) is 41.3 Å². The number of carboxylic acids is 1. The van der Waals surface area contributed by atoms with Gasteiger partial charge in [0.05, 0.1) is 11.4 Å². The maximum Gasteiger partial charge on any atom is 0.345 e. The number of aromatic nitrogens is 1. The van der Waals surface area contributed by atoms with Crippen LogP contribution >= 0.6 is 11.3 Å². The summed E-state index contributed by atoms with van der Waals surface area (Å²) in [5.41, 5.74) is 2.59. The molecule has 9 nitrogen and oxygen atoms in total. The molecule has 1 saturated heterocycles. The summed E-state index contributed by atoms with van der Waals surface area (Å²) in [7, 11) is 0. The van der Waals surface area contributed by atoms with Crippen LogP contribution in [0, 0.1) is 0 Å². The number of urea groups is 1. The van der Waals surface area contributed by atoms with Gasteiger partial charge in [-0.1, -0.05) is 30.3 Å². The first kappa shape index (κ1) is 22.1. The van der Waals surface area contributed by atoms with Gasteiger partial charge in [0.2, 0.25) is 0 Å². The first-order chi connectivity index (χ1) is 16.5. The molecule has 1 fully saturated rings. The predicted molar refractivity (Wildman–Crippen MR) is 123 cm³/mol. The van der Waals surface area contributed by atoms with Gasteiger partial charge in [-0.15, -0.1) is 11.3 Å². The maximum absolute atomic E-state index is 13.0. The molecule has 174 valence electrons. The maximum atomic E-state index is 13.0. The van der Waals surface area contributed by atoms with Crippen LogP contribution in [-0.2, 0) is 22.7 Å². The van der Waals surface area contributed by atoms with E-state index >= 15 is 0 Å². The van der Waals surface area contributed by atoms with Crippen molar-refractivity contribution in [3.8, 4) is 0 Å². The van der Waals surface area contributed by atoms with Crippen molar-refractivity contribution in [3.63, 3.8) is 0 Å². The average Bonchev–Trinajstić information content (AvgIpc) is 3.40. The van der Waals surface area contributed by atoms with Gasteiger partial charge in [0.15, 0.2) is 6.04 Å². The Morgan fingerprint density at radius 2 is 1.91 bits per heavy atom. The fraction of sp³-hybridized carbons (Fsp3) is 0.250. The number of fused-ring (bicyclic) bond motifs is 4. The van der Waals surface area contributed by atoms with Crippen molar-refractivity contribution >= 4 is 29.2 Å². The third kappa shape index (κ3) is 4.13. The molecule has 3 aromatic rings. The molecule has 0 aliphatic carbocycles. The summed E-state index contributed by atoms with van der Waals surface area (Å²) in [4.78, 5) is 49.9. The van der Waals surface area contributed by atoms with Gasteiger partial charge >= 0.3 is 12.0 Å². The van der Waals surface area contributed by atoms with Crippen LogP contribution in [0.15, 0.2) is 60.9 Å². The molecule has 2 aliphatic heterocycles. The second kappa shape index (κ2) is 9.24. The van der Waals surface area contributed by atoms with E-state index in [4.69, 9.17) is 4.84 Å². The number of rotatable bonds is 8. The van der Waals surface area contributed by atoms with Crippen molar-refractivity contribution in [1.29, 1.82) is 0 Å². The number of hydroxylamine groups is 2. The van der Waals surface area contributed by atoms with Crippen LogP contribution in [0.5, 0.6) is 0 Å². The van der Waals surface area contributed by atoms with Crippen LogP contribution in [-0.4, -0.2) is 51.1 Å². The third-order valence-electron chi connectivity index (χ3n) is 5.92. The summed E-state index contributed by atoms with van der Waals surface area (Å²) >= 11 is 1.11. The predicted octanol–water partition coefficient (Wildman–Crippen LogP) is 3.17. The minimum atomic E-state index is -1.15. The third-order valence-corrected chi connectivity index (χ3v) is 7.12. The number of hydrogen-bond donors (Lipinski definition) is 2. The molecule has 4 heterocycles. The second-order valence-corrected chi connectivity index (χ2v) is 9.15. The minimum absolute atomic E-state index is 0.177.